The summed E-state index contributed by atoms with van der Waals surface area (Å²) in [5, 5.41) is -1.99. The van der Waals surface area contributed by atoms with Crippen LogP contribution in [0.25, 0.3) is 0 Å². The van der Waals surface area contributed by atoms with Crippen molar-refractivity contribution in [2.45, 2.75) is 12.2 Å². The zero-order chi connectivity index (χ0) is 14.5. The molecule has 1 rings (SSSR count). The van der Waals surface area contributed by atoms with Crippen LogP contribution in [0.4, 0.5) is 4.79 Å². The van der Waals surface area contributed by atoms with Crippen LogP contribution < -0.4 is 0 Å². The molecule has 0 heterocycles. The first-order valence-corrected chi connectivity index (χ1v) is 6.76. The van der Waals surface area contributed by atoms with E-state index in [-0.39, 0.29) is 12.2 Å². The van der Waals surface area contributed by atoms with E-state index in [2.05, 4.69) is 9.47 Å². The van der Waals surface area contributed by atoms with Crippen LogP contribution in [0.2, 0.25) is 0 Å². The molecule has 1 unspecified atom stereocenters. The fourth-order valence-corrected chi connectivity index (χ4v) is 2.13. The van der Waals surface area contributed by atoms with Crippen LogP contribution in [0.15, 0.2) is 30.3 Å². The monoisotopic (exact) mass is 288 g/mol. The van der Waals surface area contributed by atoms with Gasteiger partial charge in [-0.3, -0.25) is 4.55 Å². The predicted molar refractivity (Wildman–Crippen MR) is 63.8 cm³/mol. The lowest BCUT2D eigenvalue weighted by atomic mass is 10.1. The second kappa shape index (κ2) is 6.30. The Morgan fingerprint density at radius 2 is 1.84 bits per heavy atom. The molecule has 0 fully saturated rings. The molecule has 0 saturated heterocycles. The summed E-state index contributed by atoms with van der Waals surface area (Å²) < 4.78 is 40.0. The van der Waals surface area contributed by atoms with Crippen molar-refractivity contribution in [1.29, 1.82) is 0 Å². The van der Waals surface area contributed by atoms with Gasteiger partial charge in [0.05, 0.1) is 6.61 Å². The fourth-order valence-electron chi connectivity index (χ4n) is 1.34. The summed E-state index contributed by atoms with van der Waals surface area (Å²) in [7, 11) is -4.76. The normalized spacial score (nSPS) is 12.5. The van der Waals surface area contributed by atoms with Gasteiger partial charge in [-0.25, -0.2) is 9.59 Å². The number of hydrogen-bond acceptors (Lipinski definition) is 6. The van der Waals surface area contributed by atoms with Crippen molar-refractivity contribution in [3.63, 3.8) is 0 Å². The molecule has 7 nitrogen and oxygen atoms in total. The van der Waals surface area contributed by atoms with Crippen molar-refractivity contribution in [3.05, 3.63) is 35.9 Å². The van der Waals surface area contributed by atoms with E-state index in [4.69, 9.17) is 4.55 Å². The van der Waals surface area contributed by atoms with E-state index < -0.39 is 27.5 Å². The van der Waals surface area contributed by atoms with Gasteiger partial charge in [0.1, 0.15) is 0 Å². The van der Waals surface area contributed by atoms with E-state index in [1.807, 2.05) is 0 Å². The van der Waals surface area contributed by atoms with Crippen molar-refractivity contribution >= 4 is 22.2 Å². The third-order valence-corrected chi connectivity index (χ3v) is 3.12. The minimum Gasteiger partial charge on any atom is -0.434 e. The maximum Gasteiger partial charge on any atom is 0.516 e. The lowest BCUT2D eigenvalue weighted by molar-refractivity contribution is -0.139. The number of carbonyl (C=O) groups excluding carboxylic acids is 2. The molecule has 0 aliphatic rings. The van der Waals surface area contributed by atoms with E-state index in [1.54, 1.807) is 6.07 Å². The van der Waals surface area contributed by atoms with Crippen LogP contribution in [0.3, 0.4) is 0 Å². The number of carbonyl (C=O) groups is 2. The SMILES string of the molecule is CCOC(=O)OC(=O)C(c1ccccc1)S(=O)(=O)O. The Bertz CT molecular complexity index is 550. The molecule has 0 aromatic heterocycles. The van der Waals surface area contributed by atoms with Gasteiger partial charge in [-0.1, -0.05) is 30.3 Å². The Hall–Kier alpha value is -1.93. The van der Waals surface area contributed by atoms with Gasteiger partial charge in [-0.15, -0.1) is 0 Å². The summed E-state index contributed by atoms with van der Waals surface area (Å²) in [5.74, 6) is -1.42. The molecule has 0 bridgehead atoms. The van der Waals surface area contributed by atoms with Crippen LogP contribution in [0, 0.1) is 0 Å². The number of rotatable bonds is 4. The maximum absolute atomic E-state index is 11.6. The molecule has 8 heteroatoms. The molecule has 0 aliphatic carbocycles. The van der Waals surface area contributed by atoms with E-state index in [1.165, 1.54) is 31.2 Å². The van der Waals surface area contributed by atoms with Gasteiger partial charge in [0.2, 0.25) is 5.25 Å². The first-order chi connectivity index (χ1) is 8.86. The molecule has 0 spiro atoms. The molecule has 19 heavy (non-hydrogen) atoms. The first kappa shape index (κ1) is 15.1. The van der Waals surface area contributed by atoms with Crippen molar-refractivity contribution < 1.29 is 32.0 Å². The zero-order valence-corrected chi connectivity index (χ0v) is 10.8. The lowest BCUT2D eigenvalue weighted by Crippen LogP contribution is -2.26. The molecule has 104 valence electrons. The Kier molecular flexibility index (Phi) is 5.02. The quantitative estimate of drug-likeness (QED) is 0.505. The van der Waals surface area contributed by atoms with Gasteiger partial charge in [-0.05, 0) is 12.5 Å². The Balaban J connectivity index is 3.01. The van der Waals surface area contributed by atoms with E-state index >= 15 is 0 Å². The van der Waals surface area contributed by atoms with Crippen LogP contribution in [-0.4, -0.2) is 31.7 Å². The summed E-state index contributed by atoms with van der Waals surface area (Å²) >= 11 is 0. The van der Waals surface area contributed by atoms with Gasteiger partial charge in [0.25, 0.3) is 10.1 Å². The molecule has 0 saturated carbocycles. The summed E-state index contributed by atoms with van der Waals surface area (Å²) in [5.41, 5.74) is -0.0145. The fraction of sp³-hybridized carbons (Fsp3) is 0.273. The summed E-state index contributed by atoms with van der Waals surface area (Å²) in [4.78, 5) is 22.6. The average molecular weight is 288 g/mol. The van der Waals surface area contributed by atoms with Crippen molar-refractivity contribution in [3.8, 4) is 0 Å². The van der Waals surface area contributed by atoms with E-state index in [9.17, 15) is 18.0 Å². The second-order valence-corrected chi connectivity index (χ2v) is 4.91. The summed E-state index contributed by atoms with van der Waals surface area (Å²) in [6.07, 6.45) is -1.32. The number of hydrogen-bond donors (Lipinski definition) is 1. The third kappa shape index (κ3) is 4.34. The van der Waals surface area contributed by atoms with Crippen LogP contribution in [0.5, 0.6) is 0 Å². The van der Waals surface area contributed by atoms with Gasteiger partial charge in [0.15, 0.2) is 0 Å². The maximum atomic E-state index is 11.6. The molecule has 0 aliphatic heterocycles. The molecule has 0 radical (unpaired) electrons. The van der Waals surface area contributed by atoms with Crippen molar-refractivity contribution in [2.24, 2.45) is 0 Å². The highest BCUT2D eigenvalue weighted by Gasteiger charge is 2.36. The third-order valence-electron chi connectivity index (χ3n) is 2.06. The molecule has 1 aromatic rings. The van der Waals surface area contributed by atoms with Crippen LogP contribution in [-0.2, 0) is 24.4 Å². The topological polar surface area (TPSA) is 107 Å². The van der Waals surface area contributed by atoms with Crippen LogP contribution >= 0.6 is 0 Å². The largest absolute Gasteiger partial charge is 0.516 e. The minimum absolute atomic E-state index is 0.0145. The Morgan fingerprint density at radius 3 is 2.32 bits per heavy atom. The van der Waals surface area contributed by atoms with E-state index in [0.717, 1.165) is 0 Å². The van der Waals surface area contributed by atoms with E-state index in [0.29, 0.717) is 0 Å². The molecular weight excluding hydrogens is 276 g/mol. The summed E-state index contributed by atoms with van der Waals surface area (Å²) in [6.45, 7) is 1.46. The number of esters is 1. The first-order valence-electron chi connectivity index (χ1n) is 5.26. The number of ether oxygens (including phenoxy) is 2. The zero-order valence-electron chi connectivity index (χ0n) is 9.98. The van der Waals surface area contributed by atoms with Crippen molar-refractivity contribution in [1.82, 2.24) is 0 Å². The minimum atomic E-state index is -4.76. The molecule has 0 amide bonds. The predicted octanol–water partition coefficient (Wildman–Crippen LogP) is 1.32. The Morgan fingerprint density at radius 1 is 1.26 bits per heavy atom. The van der Waals surface area contributed by atoms with Gasteiger partial charge >= 0.3 is 12.1 Å². The lowest BCUT2D eigenvalue weighted by Gasteiger charge is -2.12. The highest BCUT2D eigenvalue weighted by molar-refractivity contribution is 7.86. The molecule has 1 aromatic carbocycles. The molecule has 1 N–H and O–H groups in total. The Labute approximate surface area is 109 Å². The highest BCUT2D eigenvalue weighted by atomic mass is 32.2. The van der Waals surface area contributed by atoms with Gasteiger partial charge < -0.3 is 9.47 Å². The molecule has 1 atom stereocenters. The standard InChI is InChI=1S/C11H12O7S/c1-2-17-11(13)18-10(12)9(19(14,15)16)8-6-4-3-5-7-8/h3-7,9H,2H2,1H3,(H,14,15,16). The smallest absolute Gasteiger partial charge is 0.434 e. The highest BCUT2D eigenvalue weighted by Crippen LogP contribution is 2.23. The second-order valence-electron chi connectivity index (χ2n) is 3.41. The van der Waals surface area contributed by atoms with Gasteiger partial charge in [0, 0.05) is 0 Å². The molecular formula is C11H12O7S. The van der Waals surface area contributed by atoms with Crippen molar-refractivity contribution in [2.75, 3.05) is 6.61 Å². The van der Waals surface area contributed by atoms with Crippen LogP contribution in [0.1, 0.15) is 17.7 Å². The average Bonchev–Trinajstić information content (AvgIpc) is 2.28. The number of benzene rings is 1. The summed E-state index contributed by atoms with van der Waals surface area (Å²) in [6, 6.07) is 7.17. The van der Waals surface area contributed by atoms with Gasteiger partial charge in [-0.2, -0.15) is 8.42 Å².